The second kappa shape index (κ2) is 13.3. The second-order valence-corrected chi connectivity index (χ2v) is 10.4. The smallest absolute Gasteiger partial charge is 0.216 e. The number of alkyl halides is 2. The lowest BCUT2D eigenvalue weighted by Gasteiger charge is -2.36. The van der Waals surface area contributed by atoms with Crippen LogP contribution in [0.5, 0.6) is 0 Å². The number of allylic oxidation sites excluding steroid dienone is 1. The molecule has 1 saturated heterocycles. The molecule has 0 aromatic heterocycles. The highest BCUT2D eigenvalue weighted by Crippen LogP contribution is 2.28. The maximum Gasteiger partial charge on any atom is 0.216 e. The summed E-state index contributed by atoms with van der Waals surface area (Å²) in [7, 11) is 3.60. The predicted molar refractivity (Wildman–Crippen MR) is 142 cm³/mol. The van der Waals surface area contributed by atoms with Crippen molar-refractivity contribution in [1.82, 2.24) is 20.6 Å². The molecule has 0 amide bonds. The first-order valence-corrected chi connectivity index (χ1v) is 12.8. The van der Waals surface area contributed by atoms with Crippen molar-refractivity contribution in [2.75, 3.05) is 53.4 Å². The molecule has 10 heteroatoms. The minimum Gasteiger partial charge on any atom is -0.401 e. The molecule has 192 valence electrons. The van der Waals surface area contributed by atoms with E-state index in [1.165, 1.54) is 0 Å². The molecule has 0 spiro atoms. The SMILES string of the molecule is C#CC(Cl)C(CC(Cl)CC)CN1CCNC(N)=C1/C=C(\N)CN(C)O/C(=N\C)[C@@]1(C)CCNC1. The highest BCUT2D eigenvalue weighted by atomic mass is 35.5. The van der Waals surface area contributed by atoms with Gasteiger partial charge in [0, 0.05) is 57.3 Å². The van der Waals surface area contributed by atoms with Crippen LogP contribution in [0.25, 0.3) is 0 Å². The number of rotatable bonds is 11. The lowest BCUT2D eigenvalue weighted by Crippen LogP contribution is -2.45. The van der Waals surface area contributed by atoms with Crippen LogP contribution in [0.4, 0.5) is 0 Å². The van der Waals surface area contributed by atoms with E-state index in [-0.39, 0.29) is 16.7 Å². The zero-order valence-corrected chi connectivity index (χ0v) is 22.4. The predicted octanol–water partition coefficient (Wildman–Crippen LogP) is 2.02. The molecule has 6 N–H and O–H groups in total. The molecule has 1 fully saturated rings. The first-order chi connectivity index (χ1) is 16.1. The molecule has 2 aliphatic heterocycles. The largest absolute Gasteiger partial charge is 0.401 e. The fraction of sp³-hybridized carbons (Fsp3) is 0.708. The standard InChI is InChI=1S/C24H41Cl2N7O/c1-6-18(25)12-17(20(26)7-2)14-33-11-10-31-22(28)21(33)13-19(27)15-32(5)34-23(29-4)24(3)8-9-30-16-24/h2,13,17-18,20,30-31H,6,8-12,14-16,27-28H2,1,3-5H3/b19-13-,29-23-/t17?,18?,20?,24-/m0/s1. The fourth-order valence-corrected chi connectivity index (χ4v) is 4.76. The summed E-state index contributed by atoms with van der Waals surface area (Å²) < 4.78 is 0. The Morgan fingerprint density at radius 2 is 2.18 bits per heavy atom. The van der Waals surface area contributed by atoms with Crippen molar-refractivity contribution in [3.05, 3.63) is 23.3 Å². The van der Waals surface area contributed by atoms with E-state index in [0.717, 1.165) is 51.1 Å². The van der Waals surface area contributed by atoms with Crippen molar-refractivity contribution in [2.24, 2.45) is 27.8 Å². The van der Waals surface area contributed by atoms with Gasteiger partial charge in [-0.25, -0.2) is 0 Å². The van der Waals surface area contributed by atoms with Gasteiger partial charge in [0.05, 0.1) is 23.0 Å². The second-order valence-electron chi connectivity index (χ2n) is 9.35. The Labute approximate surface area is 215 Å². The van der Waals surface area contributed by atoms with Crippen LogP contribution in [0.2, 0.25) is 0 Å². The number of hydrogen-bond acceptors (Lipinski definition) is 8. The summed E-state index contributed by atoms with van der Waals surface area (Å²) in [6.07, 6.45) is 10.1. The van der Waals surface area contributed by atoms with Crippen molar-refractivity contribution in [1.29, 1.82) is 0 Å². The summed E-state index contributed by atoms with van der Waals surface area (Å²) >= 11 is 12.9. The van der Waals surface area contributed by atoms with Crippen molar-refractivity contribution in [3.8, 4) is 12.3 Å². The average molecular weight is 515 g/mol. The third-order valence-corrected chi connectivity index (χ3v) is 7.37. The first-order valence-electron chi connectivity index (χ1n) is 11.9. The van der Waals surface area contributed by atoms with Gasteiger partial charge in [-0.05, 0) is 38.8 Å². The van der Waals surface area contributed by atoms with E-state index in [1.807, 2.05) is 13.1 Å². The van der Waals surface area contributed by atoms with Gasteiger partial charge in [-0.3, -0.25) is 4.99 Å². The monoisotopic (exact) mass is 513 g/mol. The van der Waals surface area contributed by atoms with Crippen molar-refractivity contribution in [3.63, 3.8) is 0 Å². The van der Waals surface area contributed by atoms with Gasteiger partial charge in [0.1, 0.15) is 5.82 Å². The number of halogens is 2. The number of likely N-dealkylation sites (N-methyl/N-ethyl adjacent to an activating group) is 1. The number of hydrogen-bond donors (Lipinski definition) is 4. The molecule has 2 heterocycles. The summed E-state index contributed by atoms with van der Waals surface area (Å²) in [5.74, 6) is 3.96. The molecule has 0 aliphatic carbocycles. The van der Waals surface area contributed by atoms with Gasteiger partial charge in [0.2, 0.25) is 5.90 Å². The lowest BCUT2D eigenvalue weighted by atomic mass is 9.90. The third kappa shape index (κ3) is 7.88. The zero-order valence-electron chi connectivity index (χ0n) is 20.9. The number of nitrogens with zero attached hydrogens (tertiary/aromatic N) is 3. The van der Waals surface area contributed by atoms with Gasteiger partial charge in [-0.15, -0.1) is 34.7 Å². The Bertz CT molecular complexity index is 802. The number of terminal acetylenes is 1. The van der Waals surface area contributed by atoms with Crippen molar-refractivity contribution in [2.45, 2.75) is 43.9 Å². The summed E-state index contributed by atoms with van der Waals surface area (Å²) in [6, 6.07) is 0. The number of nitrogens with one attached hydrogen (secondary N) is 2. The molecule has 0 aromatic rings. The quantitative estimate of drug-likeness (QED) is 0.110. The normalized spacial score (nSPS) is 24.6. The van der Waals surface area contributed by atoms with Gasteiger partial charge in [-0.1, -0.05) is 12.8 Å². The van der Waals surface area contributed by atoms with Gasteiger partial charge in [-0.2, -0.15) is 0 Å². The van der Waals surface area contributed by atoms with Crippen LogP contribution in [0, 0.1) is 23.7 Å². The molecular weight excluding hydrogens is 473 g/mol. The van der Waals surface area contributed by atoms with Gasteiger partial charge in [0.15, 0.2) is 0 Å². The number of nitrogens with two attached hydrogens (primary N) is 2. The topological polar surface area (TPSA) is 104 Å². The van der Waals surface area contributed by atoms with E-state index in [9.17, 15) is 0 Å². The average Bonchev–Trinajstić information content (AvgIpc) is 3.25. The molecule has 0 radical (unpaired) electrons. The Morgan fingerprint density at radius 1 is 1.44 bits per heavy atom. The number of aliphatic imine (C=N–C) groups is 1. The molecule has 34 heavy (non-hydrogen) atoms. The highest BCUT2D eigenvalue weighted by molar-refractivity contribution is 6.23. The Hall–Kier alpha value is -1.79. The Morgan fingerprint density at radius 3 is 2.76 bits per heavy atom. The maximum absolute atomic E-state index is 6.47. The van der Waals surface area contributed by atoms with E-state index < -0.39 is 5.38 Å². The van der Waals surface area contributed by atoms with Crippen LogP contribution in [0.3, 0.4) is 0 Å². The van der Waals surface area contributed by atoms with E-state index >= 15 is 0 Å². The highest BCUT2D eigenvalue weighted by Gasteiger charge is 2.36. The van der Waals surface area contributed by atoms with Crippen LogP contribution < -0.4 is 22.1 Å². The molecule has 3 unspecified atom stereocenters. The number of hydroxylamine groups is 2. The molecule has 2 rings (SSSR count). The first kappa shape index (κ1) is 28.4. The van der Waals surface area contributed by atoms with E-state index in [0.29, 0.717) is 30.5 Å². The van der Waals surface area contributed by atoms with E-state index in [2.05, 4.69) is 40.3 Å². The van der Waals surface area contributed by atoms with Crippen LogP contribution in [0.15, 0.2) is 28.3 Å². The lowest BCUT2D eigenvalue weighted by molar-refractivity contribution is -0.0496. The van der Waals surface area contributed by atoms with Gasteiger partial charge >= 0.3 is 0 Å². The van der Waals surface area contributed by atoms with E-state index in [4.69, 9.17) is 45.9 Å². The summed E-state index contributed by atoms with van der Waals surface area (Å²) in [5.41, 5.74) is 14.0. The van der Waals surface area contributed by atoms with Crippen LogP contribution in [-0.4, -0.2) is 80.0 Å². The molecule has 0 saturated carbocycles. The Balaban J connectivity index is 2.11. The molecule has 8 nitrogen and oxygen atoms in total. The minimum absolute atomic E-state index is 0.0186. The van der Waals surface area contributed by atoms with Crippen LogP contribution >= 0.6 is 23.2 Å². The molecule has 0 aromatic carbocycles. The fourth-order valence-electron chi connectivity index (χ4n) is 4.35. The Kier molecular flexibility index (Phi) is 11.2. The van der Waals surface area contributed by atoms with Crippen molar-refractivity contribution < 1.29 is 4.84 Å². The molecule has 0 bridgehead atoms. The molecular formula is C24H41Cl2N7O. The van der Waals surface area contributed by atoms with Crippen LogP contribution in [0.1, 0.15) is 33.1 Å². The molecule has 4 atom stereocenters. The molecule has 2 aliphatic rings. The van der Waals surface area contributed by atoms with Gasteiger partial charge < -0.3 is 31.8 Å². The van der Waals surface area contributed by atoms with E-state index in [1.54, 1.807) is 12.1 Å². The minimum atomic E-state index is -0.413. The van der Waals surface area contributed by atoms with Crippen molar-refractivity contribution >= 4 is 29.1 Å². The summed E-state index contributed by atoms with van der Waals surface area (Å²) in [4.78, 5) is 12.6. The van der Waals surface area contributed by atoms with Gasteiger partial charge in [0.25, 0.3) is 0 Å². The van der Waals surface area contributed by atoms with Crippen LogP contribution in [-0.2, 0) is 4.84 Å². The summed E-state index contributed by atoms with van der Waals surface area (Å²) in [5, 5.41) is 7.89. The zero-order chi connectivity index (χ0) is 25.3. The third-order valence-electron chi connectivity index (χ3n) is 6.40. The maximum atomic E-state index is 6.47. The summed E-state index contributed by atoms with van der Waals surface area (Å²) in [6.45, 7) is 8.52.